The van der Waals surface area contributed by atoms with E-state index in [-0.39, 0.29) is 17.0 Å². The smallest absolute Gasteiger partial charge is 0.429 e. The van der Waals surface area contributed by atoms with Crippen molar-refractivity contribution in [3.8, 4) is 28.0 Å². The molecule has 1 aliphatic rings. The van der Waals surface area contributed by atoms with E-state index in [1.165, 1.54) is 12.1 Å². The molecule has 0 heterocycles. The van der Waals surface area contributed by atoms with Crippen LogP contribution in [0.15, 0.2) is 60.7 Å². The molecule has 4 aromatic carbocycles. The molecule has 2 nitrogen and oxygen atoms in total. The second-order valence-corrected chi connectivity index (χ2v) is 11.8. The van der Waals surface area contributed by atoms with Gasteiger partial charge >= 0.3 is 6.11 Å². The summed E-state index contributed by atoms with van der Waals surface area (Å²) in [5.41, 5.74) is -2.42. The van der Waals surface area contributed by atoms with E-state index in [4.69, 9.17) is 4.74 Å². The molecule has 0 unspecified atom stereocenters. The zero-order chi connectivity index (χ0) is 33.9. The van der Waals surface area contributed by atoms with E-state index >= 15 is 22.0 Å². The maximum Gasteiger partial charge on any atom is 0.432 e. The largest absolute Gasteiger partial charge is 0.432 e. The Morgan fingerprint density at radius 3 is 1.74 bits per heavy atom. The van der Waals surface area contributed by atoms with Gasteiger partial charge in [0.1, 0.15) is 34.6 Å². The van der Waals surface area contributed by atoms with Gasteiger partial charge in [0.05, 0.1) is 0 Å². The van der Waals surface area contributed by atoms with Crippen LogP contribution >= 0.6 is 0 Å². The first-order valence-electron chi connectivity index (χ1n) is 15.2. The summed E-state index contributed by atoms with van der Waals surface area (Å²) in [6.45, 7) is 0.736. The molecule has 1 aliphatic carbocycles. The molecule has 1 fully saturated rings. The Kier molecular flexibility index (Phi) is 10.5. The van der Waals surface area contributed by atoms with Gasteiger partial charge in [0, 0.05) is 30.9 Å². The van der Waals surface area contributed by atoms with Gasteiger partial charge in [0.2, 0.25) is 0 Å². The molecule has 11 heteroatoms. The molecule has 0 spiro atoms. The van der Waals surface area contributed by atoms with Crippen LogP contribution in [-0.4, -0.2) is 13.7 Å². The van der Waals surface area contributed by atoms with Crippen LogP contribution in [0.3, 0.4) is 0 Å². The number of halogens is 9. The number of hydrogen-bond acceptors (Lipinski definition) is 2. The van der Waals surface area contributed by atoms with Gasteiger partial charge in [-0.25, -0.2) is 30.7 Å². The lowest BCUT2D eigenvalue weighted by atomic mass is 9.77. The zero-order valence-electron chi connectivity index (χ0n) is 25.3. The number of methoxy groups -OCH3 is 1. The summed E-state index contributed by atoms with van der Waals surface area (Å²) in [7, 11) is 1.68. The lowest BCUT2D eigenvalue weighted by Crippen LogP contribution is -2.25. The maximum atomic E-state index is 15.2. The van der Waals surface area contributed by atoms with E-state index in [2.05, 4.69) is 4.74 Å². The quantitative estimate of drug-likeness (QED) is 0.0901. The minimum atomic E-state index is -4.65. The number of unbranched alkanes of at least 4 members (excludes halogenated alkanes) is 1. The van der Waals surface area contributed by atoms with Crippen LogP contribution in [0.25, 0.3) is 22.3 Å². The Hall–Kier alpha value is -3.99. The molecular formula is C36H31F9O2. The van der Waals surface area contributed by atoms with Crippen molar-refractivity contribution in [1.82, 2.24) is 0 Å². The van der Waals surface area contributed by atoms with Crippen molar-refractivity contribution >= 4 is 0 Å². The third kappa shape index (κ3) is 7.77. The number of benzene rings is 4. The van der Waals surface area contributed by atoms with E-state index in [1.54, 1.807) is 13.2 Å². The van der Waals surface area contributed by atoms with Crippen LogP contribution in [0.1, 0.15) is 62.0 Å². The summed E-state index contributed by atoms with van der Waals surface area (Å²) in [6, 6.07) is 8.51. The van der Waals surface area contributed by atoms with E-state index in [0.29, 0.717) is 36.2 Å². The van der Waals surface area contributed by atoms with Crippen LogP contribution in [0.4, 0.5) is 39.5 Å². The van der Waals surface area contributed by atoms with Gasteiger partial charge in [0.25, 0.3) is 0 Å². The molecule has 0 N–H and O–H groups in total. The Bertz CT molecular complexity index is 1690. The highest BCUT2D eigenvalue weighted by molar-refractivity contribution is 5.66. The number of hydrogen-bond donors (Lipinski definition) is 0. The predicted molar refractivity (Wildman–Crippen MR) is 158 cm³/mol. The summed E-state index contributed by atoms with van der Waals surface area (Å²) in [4.78, 5) is 0. The fourth-order valence-corrected chi connectivity index (χ4v) is 6.19. The number of ether oxygens (including phenoxy) is 2. The van der Waals surface area contributed by atoms with Crippen molar-refractivity contribution in [3.05, 3.63) is 113 Å². The van der Waals surface area contributed by atoms with Crippen molar-refractivity contribution in [1.29, 1.82) is 0 Å². The van der Waals surface area contributed by atoms with Gasteiger partial charge in [-0.15, -0.1) is 0 Å². The fraction of sp³-hybridized carbons (Fsp3) is 0.333. The van der Waals surface area contributed by atoms with Crippen LogP contribution in [0, 0.1) is 46.6 Å². The summed E-state index contributed by atoms with van der Waals surface area (Å²) < 4.78 is 140. The van der Waals surface area contributed by atoms with Gasteiger partial charge in [0.15, 0.2) is 17.5 Å². The zero-order valence-corrected chi connectivity index (χ0v) is 25.3. The minimum Gasteiger partial charge on any atom is -0.429 e. The molecular weight excluding hydrogens is 635 g/mol. The molecule has 0 bridgehead atoms. The van der Waals surface area contributed by atoms with E-state index in [9.17, 15) is 17.6 Å². The highest BCUT2D eigenvalue weighted by Crippen LogP contribution is 2.41. The molecule has 0 amide bonds. The lowest BCUT2D eigenvalue weighted by Gasteiger charge is -2.29. The monoisotopic (exact) mass is 666 g/mol. The van der Waals surface area contributed by atoms with Crippen LogP contribution in [-0.2, 0) is 10.8 Å². The Labute approximate surface area is 266 Å². The minimum absolute atomic E-state index is 0.136. The van der Waals surface area contributed by atoms with Crippen LogP contribution < -0.4 is 4.74 Å². The maximum absolute atomic E-state index is 15.2. The normalized spacial score (nSPS) is 16.8. The predicted octanol–water partition coefficient (Wildman–Crippen LogP) is 11.2. The summed E-state index contributed by atoms with van der Waals surface area (Å²) in [5.74, 6) is -10.6. The lowest BCUT2D eigenvalue weighted by molar-refractivity contribution is -0.189. The summed E-state index contributed by atoms with van der Waals surface area (Å²) in [6.07, 6.45) is 2.37. The first-order chi connectivity index (χ1) is 22.4. The highest BCUT2D eigenvalue weighted by atomic mass is 19.3. The topological polar surface area (TPSA) is 18.5 Å². The van der Waals surface area contributed by atoms with Gasteiger partial charge in [-0.05, 0) is 103 Å². The third-order valence-electron chi connectivity index (χ3n) is 8.65. The SMILES string of the molecule is COCCCCC1CCC(c2ccc(-c3cc(F)c(C(F)(F)Oc4ccc(-c5cc(F)c(F)c(F)c5)c(F)c4)c(F)c3)c(F)c2)CC1. The van der Waals surface area contributed by atoms with E-state index < -0.39 is 69.3 Å². The van der Waals surface area contributed by atoms with Crippen molar-refractivity contribution in [2.24, 2.45) is 5.92 Å². The van der Waals surface area contributed by atoms with Crippen molar-refractivity contribution in [2.45, 2.75) is 57.0 Å². The standard InChI is InChI=1S/C36H31F9O2/c1-46-13-3-2-4-20-5-7-21(8-6-20)22-9-11-26(28(37)14-22)23-15-30(39)34(31(40)16-23)36(44,45)47-25-10-12-27(29(38)19-25)24-17-32(41)35(43)33(42)18-24/h9-12,14-21H,2-8,13H2,1H3. The van der Waals surface area contributed by atoms with Crippen molar-refractivity contribution in [3.63, 3.8) is 0 Å². The van der Waals surface area contributed by atoms with Gasteiger partial charge in [-0.2, -0.15) is 8.78 Å². The van der Waals surface area contributed by atoms with Crippen LogP contribution in [0.2, 0.25) is 0 Å². The third-order valence-corrected chi connectivity index (χ3v) is 8.65. The second kappa shape index (κ2) is 14.4. The second-order valence-electron chi connectivity index (χ2n) is 11.8. The highest BCUT2D eigenvalue weighted by Gasteiger charge is 2.41. The van der Waals surface area contributed by atoms with Crippen molar-refractivity contribution < 1.29 is 49.0 Å². The molecule has 1 saturated carbocycles. The Balaban J connectivity index is 1.29. The fourth-order valence-electron chi connectivity index (χ4n) is 6.19. The average molecular weight is 667 g/mol. The first-order valence-corrected chi connectivity index (χ1v) is 15.2. The van der Waals surface area contributed by atoms with E-state index in [1.807, 2.05) is 0 Å². The van der Waals surface area contributed by atoms with E-state index in [0.717, 1.165) is 69.2 Å². The summed E-state index contributed by atoms with van der Waals surface area (Å²) in [5, 5.41) is 0. The molecule has 0 radical (unpaired) electrons. The molecule has 0 aromatic heterocycles. The first kappa shape index (κ1) is 34.3. The number of alkyl halides is 2. The summed E-state index contributed by atoms with van der Waals surface area (Å²) >= 11 is 0. The molecule has 0 saturated heterocycles. The molecule has 47 heavy (non-hydrogen) atoms. The Morgan fingerprint density at radius 1 is 0.638 bits per heavy atom. The molecule has 0 atom stereocenters. The Morgan fingerprint density at radius 2 is 1.19 bits per heavy atom. The number of rotatable bonds is 11. The van der Waals surface area contributed by atoms with Crippen LogP contribution in [0.5, 0.6) is 5.75 Å². The molecule has 0 aliphatic heterocycles. The van der Waals surface area contributed by atoms with Gasteiger partial charge in [-0.3, -0.25) is 0 Å². The average Bonchev–Trinajstić information content (AvgIpc) is 3.01. The van der Waals surface area contributed by atoms with Gasteiger partial charge < -0.3 is 9.47 Å². The van der Waals surface area contributed by atoms with Gasteiger partial charge in [-0.1, -0.05) is 25.0 Å². The molecule has 250 valence electrons. The van der Waals surface area contributed by atoms with Crippen molar-refractivity contribution in [2.75, 3.05) is 13.7 Å². The molecule has 5 rings (SSSR count). The molecule has 4 aromatic rings.